The van der Waals surface area contributed by atoms with Gasteiger partial charge in [-0.25, -0.2) is 28.4 Å². The van der Waals surface area contributed by atoms with Crippen LogP contribution in [0.1, 0.15) is 10.4 Å². The van der Waals surface area contributed by atoms with Gasteiger partial charge in [-0.1, -0.05) is 17.7 Å². The van der Waals surface area contributed by atoms with E-state index in [-0.39, 0.29) is 32.9 Å². The number of sulfonamides is 1. The molecule has 1 amide bonds. The average Bonchev–Trinajstić information content (AvgIpc) is 2.66. The Hall–Kier alpha value is -2.60. The fourth-order valence-corrected chi connectivity index (χ4v) is 4.08. The summed E-state index contributed by atoms with van der Waals surface area (Å²) in [5.41, 5.74) is 2.30. The number of halogens is 2. The third-order valence-electron chi connectivity index (χ3n) is 3.43. The highest BCUT2D eigenvalue weighted by atomic mass is 35.5. The van der Waals surface area contributed by atoms with E-state index < -0.39 is 21.7 Å². The van der Waals surface area contributed by atoms with Crippen molar-refractivity contribution in [1.82, 2.24) is 10.1 Å². The Balaban J connectivity index is 2.38. The molecule has 0 aliphatic heterocycles. The van der Waals surface area contributed by atoms with Gasteiger partial charge in [0, 0.05) is 10.6 Å². The molecule has 0 fully saturated rings. The van der Waals surface area contributed by atoms with E-state index >= 15 is 0 Å². The molecule has 5 N–H and O–H groups in total. The zero-order valence-electron chi connectivity index (χ0n) is 14.8. The van der Waals surface area contributed by atoms with Gasteiger partial charge in [0.2, 0.25) is 5.96 Å². The van der Waals surface area contributed by atoms with E-state index in [9.17, 15) is 17.6 Å². The lowest BCUT2D eigenvalue weighted by molar-refractivity contribution is 0.102. The molecule has 0 radical (unpaired) electrons. The van der Waals surface area contributed by atoms with Crippen molar-refractivity contribution >= 4 is 51.8 Å². The van der Waals surface area contributed by atoms with Crippen LogP contribution in [0.25, 0.3) is 0 Å². The van der Waals surface area contributed by atoms with Gasteiger partial charge in [-0.05, 0) is 36.4 Å². The second-order valence-corrected chi connectivity index (χ2v) is 8.03. The highest BCUT2D eigenvalue weighted by Gasteiger charge is 2.23. The number of nitrogens with two attached hydrogens (primary N) is 1. The van der Waals surface area contributed by atoms with Crippen molar-refractivity contribution in [3.8, 4) is 0 Å². The third kappa shape index (κ3) is 5.94. The number of hydrogen-bond donors (Lipinski definition) is 5. The first-order chi connectivity index (χ1) is 13.7. The van der Waals surface area contributed by atoms with Crippen LogP contribution in [0.4, 0.5) is 10.1 Å². The van der Waals surface area contributed by atoms with Crippen LogP contribution >= 0.6 is 24.2 Å². The zero-order chi connectivity index (χ0) is 21.6. The van der Waals surface area contributed by atoms with E-state index in [0.717, 1.165) is 18.2 Å². The van der Waals surface area contributed by atoms with Gasteiger partial charge in [0.05, 0.1) is 17.1 Å². The average molecular weight is 458 g/mol. The first-order valence-electron chi connectivity index (χ1n) is 7.92. The van der Waals surface area contributed by atoms with Gasteiger partial charge in [-0.15, -0.1) is 19.2 Å². The molecule has 0 heterocycles. The number of nitrogens with zero attached hydrogens (tertiary/aromatic N) is 1. The number of anilines is 1. The first-order valence-corrected chi connectivity index (χ1v) is 10.2. The van der Waals surface area contributed by atoms with E-state index in [1.54, 1.807) is 0 Å². The quantitative estimate of drug-likeness (QED) is 0.114. The number of guanidine groups is 1. The molecule has 0 spiro atoms. The molecule has 0 aliphatic rings. The fourth-order valence-electron chi connectivity index (χ4n) is 2.11. The topological polar surface area (TPSA) is 126 Å². The third-order valence-corrected chi connectivity index (χ3v) is 5.64. The number of aliphatic imine (C=N–C) groups is 1. The highest BCUT2D eigenvalue weighted by molar-refractivity contribution is 7.91. The minimum atomic E-state index is -4.21. The van der Waals surface area contributed by atoms with E-state index in [4.69, 9.17) is 17.4 Å². The second-order valence-electron chi connectivity index (χ2n) is 5.49. The molecule has 0 atom stereocenters. The summed E-state index contributed by atoms with van der Waals surface area (Å²) in [6.07, 6.45) is 1.44. The summed E-state index contributed by atoms with van der Waals surface area (Å²) in [6, 6.07) is 7.31. The number of benzene rings is 2. The predicted molar refractivity (Wildman–Crippen MR) is 113 cm³/mol. The number of rotatable bonds is 6. The van der Waals surface area contributed by atoms with Gasteiger partial charge < -0.3 is 5.32 Å². The monoisotopic (exact) mass is 457 g/mol. The Morgan fingerprint density at radius 1 is 1.31 bits per heavy atom. The van der Waals surface area contributed by atoms with Crippen LogP contribution in [0.5, 0.6) is 0 Å². The lowest BCUT2D eigenvalue weighted by Crippen LogP contribution is -2.44. The van der Waals surface area contributed by atoms with Gasteiger partial charge in [-0.3, -0.25) is 10.2 Å². The highest BCUT2D eigenvalue weighted by Crippen LogP contribution is 2.28. The summed E-state index contributed by atoms with van der Waals surface area (Å²) in [6.45, 7) is 3.58. The van der Waals surface area contributed by atoms with Crippen molar-refractivity contribution in [2.45, 2.75) is 9.79 Å². The normalized spacial score (nSPS) is 11.7. The number of carbonyl (C=O) groups excluding carboxylic acids is 1. The molecule has 0 unspecified atom stereocenters. The Morgan fingerprint density at radius 2 is 1.97 bits per heavy atom. The molecule has 0 saturated carbocycles. The molecule has 2 aromatic rings. The molecule has 29 heavy (non-hydrogen) atoms. The van der Waals surface area contributed by atoms with Crippen LogP contribution in [0.2, 0.25) is 5.02 Å². The van der Waals surface area contributed by atoms with E-state index in [0.29, 0.717) is 5.69 Å². The van der Waals surface area contributed by atoms with Crippen molar-refractivity contribution in [3.05, 3.63) is 65.5 Å². The van der Waals surface area contributed by atoms with Gasteiger partial charge in [0.25, 0.3) is 15.9 Å². The van der Waals surface area contributed by atoms with Gasteiger partial charge in [-0.2, -0.15) is 0 Å². The van der Waals surface area contributed by atoms with Crippen LogP contribution in [0, 0.1) is 5.82 Å². The molecular weight excluding hydrogens is 441 g/mol. The molecular formula is C17H17ClFN5O3S2. The molecule has 8 nitrogen and oxygen atoms in total. The number of hydrogen-bond acceptors (Lipinski definition) is 6. The van der Waals surface area contributed by atoms with Crippen LogP contribution in [0.15, 0.2) is 63.8 Å². The minimum Gasteiger partial charge on any atom is -0.322 e. The summed E-state index contributed by atoms with van der Waals surface area (Å²) in [4.78, 5) is 16.1. The Kier molecular flexibility index (Phi) is 7.62. The van der Waals surface area contributed by atoms with Gasteiger partial charge >= 0.3 is 0 Å². The summed E-state index contributed by atoms with van der Waals surface area (Å²) in [7, 11) is -4.21. The molecule has 0 aromatic heterocycles. The largest absolute Gasteiger partial charge is 0.322 e. The fraction of sp³-hybridized carbons (Fsp3) is 0.0588. The lowest BCUT2D eigenvalue weighted by Gasteiger charge is -2.14. The van der Waals surface area contributed by atoms with Crippen molar-refractivity contribution in [1.29, 1.82) is 0 Å². The van der Waals surface area contributed by atoms with Crippen LogP contribution in [0.3, 0.4) is 0 Å². The summed E-state index contributed by atoms with van der Waals surface area (Å²) in [5.74, 6) is 3.87. The van der Waals surface area contributed by atoms with Crippen molar-refractivity contribution < 1.29 is 17.6 Å². The second kappa shape index (κ2) is 9.74. The summed E-state index contributed by atoms with van der Waals surface area (Å²) < 4.78 is 40.5. The first kappa shape index (κ1) is 22.7. The minimum absolute atomic E-state index is 0.000856. The zero-order valence-corrected chi connectivity index (χ0v) is 17.3. The number of nitrogens with one attached hydrogen (secondary N) is 3. The summed E-state index contributed by atoms with van der Waals surface area (Å²) >= 11 is 10.2. The van der Waals surface area contributed by atoms with Crippen molar-refractivity contribution in [3.63, 3.8) is 0 Å². The maximum absolute atomic E-state index is 13.0. The Labute approximate surface area is 177 Å². The molecule has 2 aromatic carbocycles. The maximum atomic E-state index is 13.0. The molecule has 0 saturated heterocycles. The smallest absolute Gasteiger partial charge is 0.265 e. The molecule has 0 aliphatic carbocycles. The molecule has 0 bridgehead atoms. The molecule has 12 heteroatoms. The standard InChI is InChI=1S/C17H17ClFN5O3S2/c1-2-7-21-17(23-20)24-29(26,27)15-8-12(13(18)9-14(15)28)16(25)22-11-5-3-10(19)4-6-11/h2-6,8-9,28H,1,7,20H2,(H,22,25)(H2,21,23,24). The Bertz CT molecular complexity index is 1060. The summed E-state index contributed by atoms with van der Waals surface area (Å²) in [5, 5.41) is 2.48. The maximum Gasteiger partial charge on any atom is 0.265 e. The van der Waals surface area contributed by atoms with Crippen LogP contribution in [-0.2, 0) is 10.0 Å². The molecule has 2 rings (SSSR count). The van der Waals surface area contributed by atoms with E-state index in [1.165, 1.54) is 24.3 Å². The SMILES string of the molecule is C=CCN=C(NN)NS(=O)(=O)c1cc(C(=O)Nc2ccc(F)cc2)c(Cl)cc1S. The van der Waals surface area contributed by atoms with Gasteiger partial charge in [0.1, 0.15) is 10.7 Å². The number of carbonyl (C=O) groups is 1. The lowest BCUT2D eigenvalue weighted by atomic mass is 10.2. The van der Waals surface area contributed by atoms with E-state index in [1.807, 2.05) is 0 Å². The Morgan fingerprint density at radius 3 is 2.55 bits per heavy atom. The number of hydrazine groups is 1. The van der Waals surface area contributed by atoms with Gasteiger partial charge in [0.15, 0.2) is 0 Å². The number of amides is 1. The van der Waals surface area contributed by atoms with Crippen LogP contribution < -0.4 is 21.3 Å². The number of thiol groups is 1. The molecule has 154 valence electrons. The van der Waals surface area contributed by atoms with Crippen LogP contribution in [-0.4, -0.2) is 26.8 Å². The van der Waals surface area contributed by atoms with E-state index in [2.05, 4.69) is 39.7 Å². The predicted octanol–water partition coefficient (Wildman–Crippen LogP) is 2.30. The van der Waals surface area contributed by atoms with Crippen molar-refractivity contribution in [2.24, 2.45) is 10.8 Å². The van der Waals surface area contributed by atoms with Crippen molar-refractivity contribution in [2.75, 3.05) is 11.9 Å².